The number of allylic oxidation sites excluding steroid dienone is 1. The van der Waals surface area contributed by atoms with Crippen LogP contribution in [0.5, 0.6) is 11.5 Å². The van der Waals surface area contributed by atoms with Gasteiger partial charge < -0.3 is 19.1 Å². The molecular weight excluding hydrogens is 596 g/mol. The van der Waals surface area contributed by atoms with Gasteiger partial charge in [-0.3, -0.25) is 19.5 Å². The van der Waals surface area contributed by atoms with Crippen molar-refractivity contribution in [3.8, 4) is 11.5 Å². The minimum Gasteiger partial charge on any atom is -0.493 e. The van der Waals surface area contributed by atoms with Gasteiger partial charge in [-0.05, 0) is 49.2 Å². The third-order valence-electron chi connectivity index (χ3n) is 7.30. The van der Waals surface area contributed by atoms with Gasteiger partial charge in [-0.25, -0.2) is 9.79 Å². The summed E-state index contributed by atoms with van der Waals surface area (Å²) < 4.78 is 18.3. The number of hydrogen-bond donors (Lipinski definition) is 0. The Bertz CT molecular complexity index is 1960. The Morgan fingerprint density at radius 3 is 2.44 bits per heavy atom. The number of esters is 1. The molecule has 3 aromatic carbocycles. The predicted molar refractivity (Wildman–Crippen MR) is 172 cm³/mol. The molecule has 1 atom stereocenters. The van der Waals surface area contributed by atoms with Crippen molar-refractivity contribution in [2.24, 2.45) is 4.99 Å². The molecule has 45 heavy (non-hydrogen) atoms. The maximum absolute atomic E-state index is 13.7. The molecule has 11 nitrogen and oxygen atoms in total. The highest BCUT2D eigenvalue weighted by molar-refractivity contribution is 7.07. The van der Waals surface area contributed by atoms with Crippen LogP contribution in [0.3, 0.4) is 0 Å². The zero-order chi connectivity index (χ0) is 32.2. The summed E-state index contributed by atoms with van der Waals surface area (Å²) in [5.74, 6) is -0.0969. The maximum atomic E-state index is 13.7. The molecule has 12 heteroatoms. The number of aromatic nitrogens is 1. The van der Waals surface area contributed by atoms with Crippen LogP contribution in [0.15, 0.2) is 82.1 Å². The fourth-order valence-corrected chi connectivity index (χ4v) is 6.03. The van der Waals surface area contributed by atoms with Gasteiger partial charge in [0.1, 0.15) is 12.6 Å². The predicted octanol–water partition coefficient (Wildman–Crippen LogP) is 4.47. The number of benzene rings is 3. The highest BCUT2D eigenvalue weighted by Gasteiger charge is 2.31. The molecule has 0 amide bonds. The molecule has 0 aliphatic carbocycles. The van der Waals surface area contributed by atoms with Crippen molar-refractivity contribution in [3.05, 3.63) is 119 Å². The molecular formula is C33H32N4O7S. The van der Waals surface area contributed by atoms with Gasteiger partial charge in [0, 0.05) is 25.5 Å². The number of carbonyl (C=O) groups excluding carboxylic acids is 1. The number of fused-ring (bicyclic) bond motifs is 1. The average Bonchev–Trinajstić information content (AvgIpc) is 3.35. The lowest BCUT2D eigenvalue weighted by atomic mass is 9.96. The van der Waals surface area contributed by atoms with Crippen molar-refractivity contribution in [1.82, 2.24) is 4.57 Å². The van der Waals surface area contributed by atoms with Crippen LogP contribution in [0.1, 0.15) is 36.6 Å². The summed E-state index contributed by atoms with van der Waals surface area (Å²) in [5, 5.41) is 12.1. The minimum atomic E-state index is -0.707. The number of anilines is 1. The maximum Gasteiger partial charge on any atom is 0.338 e. The van der Waals surface area contributed by atoms with Crippen LogP contribution < -0.4 is 29.3 Å². The molecule has 5 rings (SSSR count). The third-order valence-corrected chi connectivity index (χ3v) is 8.28. The molecule has 0 unspecified atom stereocenters. The summed E-state index contributed by atoms with van der Waals surface area (Å²) in [5.41, 5.74) is 2.69. The molecule has 0 saturated carbocycles. The second-order valence-corrected chi connectivity index (χ2v) is 11.4. The monoisotopic (exact) mass is 628 g/mol. The van der Waals surface area contributed by atoms with E-state index in [0.29, 0.717) is 10.5 Å². The molecule has 0 radical (unpaired) electrons. The van der Waals surface area contributed by atoms with Crippen molar-refractivity contribution < 1.29 is 23.9 Å². The Morgan fingerprint density at radius 1 is 1.11 bits per heavy atom. The first-order valence-electron chi connectivity index (χ1n) is 14.1. The summed E-state index contributed by atoms with van der Waals surface area (Å²) >= 11 is 1.08. The van der Waals surface area contributed by atoms with Gasteiger partial charge in [0.25, 0.3) is 11.2 Å². The Kier molecular flexibility index (Phi) is 9.14. The highest BCUT2D eigenvalue weighted by atomic mass is 32.1. The first kappa shape index (κ1) is 31.2. The number of thiazole rings is 1. The average molecular weight is 629 g/mol. The van der Waals surface area contributed by atoms with Crippen molar-refractivity contribution in [3.63, 3.8) is 0 Å². The first-order valence-corrected chi connectivity index (χ1v) is 14.9. The smallest absolute Gasteiger partial charge is 0.338 e. The molecule has 1 aliphatic heterocycles. The molecule has 0 bridgehead atoms. The second-order valence-electron chi connectivity index (χ2n) is 10.4. The normalized spacial score (nSPS) is 14.4. The van der Waals surface area contributed by atoms with Crippen molar-refractivity contribution >= 4 is 40.5 Å². The van der Waals surface area contributed by atoms with Crippen LogP contribution in [-0.4, -0.2) is 43.3 Å². The summed E-state index contributed by atoms with van der Waals surface area (Å²) in [6.45, 7) is 3.73. The van der Waals surface area contributed by atoms with E-state index in [1.54, 1.807) is 13.8 Å². The van der Waals surface area contributed by atoms with Gasteiger partial charge in [-0.2, -0.15) is 0 Å². The Hall–Kier alpha value is -5.23. The van der Waals surface area contributed by atoms with Crippen LogP contribution in [0, 0.1) is 10.1 Å². The fourth-order valence-electron chi connectivity index (χ4n) is 5.00. The van der Waals surface area contributed by atoms with Crippen LogP contribution in [0.4, 0.5) is 11.4 Å². The fraction of sp³-hybridized carbons (Fsp3) is 0.242. The van der Waals surface area contributed by atoms with E-state index in [1.807, 2.05) is 73.6 Å². The lowest BCUT2D eigenvalue weighted by molar-refractivity contribution is -0.385. The Balaban J connectivity index is 1.63. The lowest BCUT2D eigenvalue weighted by Gasteiger charge is -2.23. The third kappa shape index (κ3) is 6.36. The van der Waals surface area contributed by atoms with Gasteiger partial charge in [0.05, 0.1) is 40.4 Å². The van der Waals surface area contributed by atoms with Crippen molar-refractivity contribution in [2.75, 3.05) is 32.7 Å². The number of rotatable bonds is 10. The van der Waals surface area contributed by atoms with E-state index in [0.717, 1.165) is 28.2 Å². The molecule has 1 aliphatic rings. The number of hydrogen-bond acceptors (Lipinski definition) is 10. The van der Waals surface area contributed by atoms with Crippen molar-refractivity contribution in [2.45, 2.75) is 26.5 Å². The van der Waals surface area contributed by atoms with Gasteiger partial charge in [-0.1, -0.05) is 53.8 Å². The van der Waals surface area contributed by atoms with Gasteiger partial charge in [0.2, 0.25) is 0 Å². The first-order chi connectivity index (χ1) is 21.6. The Labute approximate surface area is 263 Å². The van der Waals surface area contributed by atoms with E-state index in [9.17, 15) is 19.7 Å². The number of nitro groups is 1. The SMILES string of the molecule is CCOC(=O)C1=C(C)n2c(s/c(=C\c3cc(OC)c(OCc4ccccc4)cc3[N+](=O)[O-])c2=O)=N[C@H]1c1ccc(N(C)C)cc1. The standard InChI is InChI=1S/C33H32N4O7S/c1-6-43-32(39)29-20(2)36-31(38)28(45-33(36)34-30(29)22-12-14-24(15-13-22)35(3)4)17-23-16-26(42-5)27(18-25(23)37(40)41)44-19-21-10-8-7-9-11-21/h7-18,30H,6,19H2,1-5H3/b28-17-/t30-/m0/s1. The zero-order valence-electron chi connectivity index (χ0n) is 25.5. The largest absolute Gasteiger partial charge is 0.493 e. The number of nitro benzene ring substituents is 1. The van der Waals surface area contributed by atoms with E-state index < -0.39 is 22.5 Å². The van der Waals surface area contributed by atoms with Crippen LogP contribution in [-0.2, 0) is 16.1 Å². The number of carbonyl (C=O) groups is 1. The Morgan fingerprint density at radius 2 is 1.82 bits per heavy atom. The molecule has 0 saturated heterocycles. The molecule has 232 valence electrons. The van der Waals surface area contributed by atoms with Gasteiger partial charge in [0.15, 0.2) is 16.3 Å². The molecule has 0 N–H and O–H groups in total. The van der Waals surface area contributed by atoms with Crippen LogP contribution in [0.25, 0.3) is 11.8 Å². The van der Waals surface area contributed by atoms with E-state index in [4.69, 9.17) is 19.2 Å². The topological polar surface area (TPSA) is 126 Å². The highest BCUT2D eigenvalue weighted by Crippen LogP contribution is 2.36. The quantitative estimate of drug-likeness (QED) is 0.143. The molecule has 0 spiro atoms. The summed E-state index contributed by atoms with van der Waals surface area (Å²) in [7, 11) is 5.30. The molecule has 1 aromatic heterocycles. The lowest BCUT2D eigenvalue weighted by Crippen LogP contribution is -2.35. The molecule has 0 fully saturated rings. The zero-order valence-corrected chi connectivity index (χ0v) is 26.3. The molecule has 2 heterocycles. The van der Waals surface area contributed by atoms with E-state index in [1.165, 1.54) is 29.9 Å². The van der Waals surface area contributed by atoms with E-state index in [2.05, 4.69) is 0 Å². The van der Waals surface area contributed by atoms with Crippen molar-refractivity contribution in [1.29, 1.82) is 0 Å². The molecule has 4 aromatic rings. The minimum absolute atomic E-state index is 0.156. The van der Waals surface area contributed by atoms with Gasteiger partial charge in [-0.15, -0.1) is 0 Å². The van der Waals surface area contributed by atoms with E-state index >= 15 is 0 Å². The van der Waals surface area contributed by atoms with E-state index in [-0.39, 0.29) is 46.1 Å². The number of nitrogens with zero attached hydrogens (tertiary/aromatic N) is 4. The summed E-state index contributed by atoms with van der Waals surface area (Å²) in [6, 6.07) is 19.1. The van der Waals surface area contributed by atoms with Crippen LogP contribution >= 0.6 is 11.3 Å². The second kappa shape index (κ2) is 13.2. The summed E-state index contributed by atoms with van der Waals surface area (Å²) in [6.07, 6.45) is 1.44. The summed E-state index contributed by atoms with van der Waals surface area (Å²) in [4.78, 5) is 45.7. The van der Waals surface area contributed by atoms with Gasteiger partial charge >= 0.3 is 5.97 Å². The number of methoxy groups -OCH3 is 1. The van der Waals surface area contributed by atoms with Crippen LogP contribution in [0.2, 0.25) is 0 Å². The number of ether oxygens (including phenoxy) is 3.